The molecule has 1 amide bonds. The molecule has 1 atom stereocenters. The van der Waals surface area contributed by atoms with Crippen LogP contribution in [0.1, 0.15) is 31.2 Å². The second-order valence-electron chi connectivity index (χ2n) is 5.84. The van der Waals surface area contributed by atoms with Crippen molar-refractivity contribution in [2.24, 2.45) is 5.92 Å². The number of alkyl halides is 2. The zero-order valence-corrected chi connectivity index (χ0v) is 13.3. The van der Waals surface area contributed by atoms with Gasteiger partial charge >= 0.3 is 0 Å². The van der Waals surface area contributed by atoms with Gasteiger partial charge in [-0.15, -0.1) is 0 Å². The molecule has 0 aliphatic heterocycles. The molecule has 0 saturated heterocycles. The zero-order chi connectivity index (χ0) is 16.7. The first-order chi connectivity index (χ1) is 11.0. The van der Waals surface area contributed by atoms with E-state index in [0.717, 1.165) is 11.3 Å². The Morgan fingerprint density at radius 3 is 3.00 bits per heavy atom. The number of rotatable bonds is 7. The van der Waals surface area contributed by atoms with E-state index in [2.05, 4.69) is 5.32 Å². The summed E-state index contributed by atoms with van der Waals surface area (Å²) in [6.07, 6.45) is 0.480. The second kappa shape index (κ2) is 8.24. The molecule has 1 saturated carbocycles. The quantitative estimate of drug-likeness (QED) is 0.783. The molecule has 6 heteroatoms. The third-order valence-corrected chi connectivity index (χ3v) is 3.96. The Bertz CT molecular complexity index is 522. The largest absolute Gasteiger partial charge is 0.497 e. The predicted octanol–water partition coefficient (Wildman–Crippen LogP) is 3.15. The normalized spacial score (nSPS) is 20.0. The van der Waals surface area contributed by atoms with E-state index in [9.17, 15) is 13.6 Å². The summed E-state index contributed by atoms with van der Waals surface area (Å²) in [4.78, 5) is 11.9. The lowest BCUT2D eigenvalue weighted by Gasteiger charge is -2.27. The number of ether oxygens (including phenoxy) is 2. The van der Waals surface area contributed by atoms with Crippen LogP contribution in [0.3, 0.4) is 0 Å². The van der Waals surface area contributed by atoms with E-state index in [1.165, 1.54) is 0 Å². The molecule has 0 aromatic heterocycles. The summed E-state index contributed by atoms with van der Waals surface area (Å²) in [5.74, 6) is -2.83. The lowest BCUT2D eigenvalue weighted by atomic mass is 9.86. The van der Waals surface area contributed by atoms with Gasteiger partial charge in [0, 0.05) is 25.3 Å². The van der Waals surface area contributed by atoms with E-state index >= 15 is 0 Å². The molecule has 0 bridgehead atoms. The van der Waals surface area contributed by atoms with Gasteiger partial charge in [0.25, 0.3) is 0 Å². The molecule has 1 unspecified atom stereocenters. The van der Waals surface area contributed by atoms with Crippen LogP contribution in [0, 0.1) is 5.92 Å². The topological polar surface area (TPSA) is 47.6 Å². The first-order valence-corrected chi connectivity index (χ1v) is 7.86. The minimum Gasteiger partial charge on any atom is -0.497 e. The van der Waals surface area contributed by atoms with Crippen LogP contribution in [0.4, 0.5) is 8.78 Å². The van der Waals surface area contributed by atoms with E-state index in [-0.39, 0.29) is 18.7 Å². The number of halogens is 2. The van der Waals surface area contributed by atoms with Gasteiger partial charge in [0.1, 0.15) is 5.75 Å². The Balaban J connectivity index is 1.64. The van der Waals surface area contributed by atoms with Crippen LogP contribution < -0.4 is 10.1 Å². The number of hydrogen-bond donors (Lipinski definition) is 1. The first-order valence-electron chi connectivity index (χ1n) is 7.86. The summed E-state index contributed by atoms with van der Waals surface area (Å²) >= 11 is 0. The van der Waals surface area contributed by atoms with Crippen LogP contribution in [0.2, 0.25) is 0 Å². The van der Waals surface area contributed by atoms with Crippen LogP contribution in [0.15, 0.2) is 24.3 Å². The highest BCUT2D eigenvalue weighted by Gasteiger charge is 2.38. The van der Waals surface area contributed by atoms with Gasteiger partial charge in [-0.25, -0.2) is 8.78 Å². The molecule has 1 aliphatic rings. The average molecular weight is 327 g/mol. The fourth-order valence-corrected chi connectivity index (χ4v) is 2.74. The molecule has 1 aromatic carbocycles. The summed E-state index contributed by atoms with van der Waals surface area (Å²) in [7, 11) is 1.60. The van der Waals surface area contributed by atoms with Crippen molar-refractivity contribution < 1.29 is 23.0 Å². The number of nitrogens with one attached hydrogen (secondary N) is 1. The average Bonchev–Trinajstić information content (AvgIpc) is 2.53. The maximum atomic E-state index is 13.3. The van der Waals surface area contributed by atoms with Crippen molar-refractivity contribution in [3.63, 3.8) is 0 Å². The van der Waals surface area contributed by atoms with E-state index in [4.69, 9.17) is 9.47 Å². The molecule has 0 heterocycles. The van der Waals surface area contributed by atoms with Gasteiger partial charge < -0.3 is 14.8 Å². The van der Waals surface area contributed by atoms with Crippen molar-refractivity contribution in [2.45, 2.75) is 38.2 Å². The molecule has 0 spiro atoms. The number of hydrogen-bond acceptors (Lipinski definition) is 3. The van der Waals surface area contributed by atoms with Gasteiger partial charge in [-0.2, -0.15) is 0 Å². The molecule has 1 fully saturated rings. The summed E-state index contributed by atoms with van der Waals surface area (Å²) < 4.78 is 37.2. The van der Waals surface area contributed by atoms with Gasteiger partial charge in [-0.1, -0.05) is 12.1 Å². The molecular formula is C17H23F2NO3. The molecule has 4 nitrogen and oxygen atoms in total. The van der Waals surface area contributed by atoms with Crippen molar-refractivity contribution in [2.75, 3.05) is 20.3 Å². The molecule has 1 aromatic rings. The fourth-order valence-electron chi connectivity index (χ4n) is 2.74. The van der Waals surface area contributed by atoms with Gasteiger partial charge in [0.05, 0.1) is 20.3 Å². The lowest BCUT2D eigenvalue weighted by Crippen LogP contribution is -2.38. The highest BCUT2D eigenvalue weighted by molar-refractivity contribution is 5.78. The van der Waals surface area contributed by atoms with Crippen molar-refractivity contribution >= 4 is 5.91 Å². The summed E-state index contributed by atoms with van der Waals surface area (Å²) in [6, 6.07) is 7.53. The van der Waals surface area contributed by atoms with E-state index in [0.29, 0.717) is 32.6 Å². The summed E-state index contributed by atoms with van der Waals surface area (Å²) in [5.41, 5.74) is 0.975. The Hall–Kier alpha value is -1.69. The van der Waals surface area contributed by atoms with Crippen molar-refractivity contribution in [1.29, 1.82) is 0 Å². The van der Waals surface area contributed by atoms with Crippen LogP contribution in [0.5, 0.6) is 5.75 Å². The minimum atomic E-state index is -2.71. The lowest BCUT2D eigenvalue weighted by molar-refractivity contribution is -0.132. The van der Waals surface area contributed by atoms with Crippen LogP contribution in [0.25, 0.3) is 0 Å². The number of amides is 1. The molecule has 0 radical (unpaired) electrons. The number of carbonyl (C=O) groups excluding carboxylic acids is 1. The summed E-state index contributed by atoms with van der Waals surface area (Å²) in [6.45, 7) is 1.07. The smallest absolute Gasteiger partial charge is 0.248 e. The maximum absolute atomic E-state index is 13.3. The summed E-state index contributed by atoms with van der Waals surface area (Å²) in [5, 5.41) is 2.68. The SMILES string of the molecule is COc1cccc(COCCNC(=O)C2CCCC(F)(F)C2)c1. The third-order valence-electron chi connectivity index (χ3n) is 3.96. The fraction of sp³-hybridized carbons (Fsp3) is 0.588. The van der Waals surface area contributed by atoms with Crippen molar-refractivity contribution in [3.8, 4) is 5.75 Å². The molecule has 128 valence electrons. The standard InChI is InChI=1S/C17H23F2NO3/c1-22-15-6-2-4-13(10-15)12-23-9-8-20-16(21)14-5-3-7-17(18,19)11-14/h2,4,6,10,14H,3,5,7-9,11-12H2,1H3,(H,20,21). The molecule has 1 aliphatic carbocycles. The first kappa shape index (κ1) is 17.7. The van der Waals surface area contributed by atoms with E-state index < -0.39 is 11.8 Å². The molecule has 1 N–H and O–H groups in total. The van der Waals surface area contributed by atoms with Gasteiger partial charge in [0.15, 0.2) is 0 Å². The third kappa shape index (κ3) is 5.78. The molecular weight excluding hydrogens is 304 g/mol. The predicted molar refractivity (Wildman–Crippen MR) is 82.6 cm³/mol. The van der Waals surface area contributed by atoms with Gasteiger partial charge in [-0.3, -0.25) is 4.79 Å². The second-order valence-corrected chi connectivity index (χ2v) is 5.84. The van der Waals surface area contributed by atoms with E-state index in [1.807, 2.05) is 24.3 Å². The van der Waals surface area contributed by atoms with Gasteiger partial charge in [-0.05, 0) is 30.5 Å². The monoisotopic (exact) mass is 327 g/mol. The van der Waals surface area contributed by atoms with Crippen LogP contribution in [-0.4, -0.2) is 32.1 Å². The highest BCUT2D eigenvalue weighted by Crippen LogP contribution is 2.36. The zero-order valence-electron chi connectivity index (χ0n) is 13.3. The minimum absolute atomic E-state index is 0.111. The highest BCUT2D eigenvalue weighted by atomic mass is 19.3. The molecule has 23 heavy (non-hydrogen) atoms. The Labute approximate surface area is 135 Å². The van der Waals surface area contributed by atoms with Crippen molar-refractivity contribution in [3.05, 3.63) is 29.8 Å². The van der Waals surface area contributed by atoms with Crippen molar-refractivity contribution in [1.82, 2.24) is 5.32 Å². The number of benzene rings is 1. The number of carbonyl (C=O) groups is 1. The van der Waals surface area contributed by atoms with Crippen LogP contribution >= 0.6 is 0 Å². The Morgan fingerprint density at radius 1 is 1.43 bits per heavy atom. The van der Waals surface area contributed by atoms with Gasteiger partial charge in [0.2, 0.25) is 11.8 Å². The van der Waals surface area contributed by atoms with Crippen LogP contribution in [-0.2, 0) is 16.1 Å². The number of methoxy groups -OCH3 is 1. The molecule has 2 rings (SSSR count). The Kier molecular flexibility index (Phi) is 6.33. The van der Waals surface area contributed by atoms with E-state index in [1.54, 1.807) is 7.11 Å². The maximum Gasteiger partial charge on any atom is 0.248 e. The Morgan fingerprint density at radius 2 is 2.26 bits per heavy atom.